The monoisotopic (exact) mass is 276 g/mol. The van der Waals surface area contributed by atoms with Crippen LogP contribution in [0.25, 0.3) is 11.3 Å². The van der Waals surface area contributed by atoms with E-state index in [0.717, 1.165) is 16.9 Å². The van der Waals surface area contributed by atoms with Crippen molar-refractivity contribution in [2.75, 3.05) is 0 Å². The van der Waals surface area contributed by atoms with Crippen LogP contribution in [-0.4, -0.2) is 15.4 Å². The molecule has 5 heteroatoms. The lowest BCUT2D eigenvalue weighted by atomic mass is 10.1. The Hall–Kier alpha value is -3.13. The average Bonchev–Trinajstić information content (AvgIpc) is 3.03. The molecular weight excluding hydrogens is 264 g/mol. The molecule has 0 saturated carbocycles. The molecule has 1 N–H and O–H groups in total. The molecule has 0 saturated heterocycles. The molecule has 0 radical (unpaired) electrons. The molecule has 3 rings (SSSR count). The van der Waals surface area contributed by atoms with Gasteiger partial charge in [-0.25, -0.2) is 0 Å². The van der Waals surface area contributed by atoms with Crippen LogP contribution >= 0.6 is 0 Å². The summed E-state index contributed by atoms with van der Waals surface area (Å²) in [4.78, 5) is 0. The Labute approximate surface area is 121 Å². The van der Waals surface area contributed by atoms with E-state index < -0.39 is 0 Å². The average molecular weight is 276 g/mol. The largest absolute Gasteiger partial charge is 0.489 e. The van der Waals surface area contributed by atoms with Gasteiger partial charge in [-0.15, -0.1) is 5.10 Å². The number of nitrogens with one attached hydrogen (secondary N) is 1. The number of aromatic amines is 1. The molecule has 102 valence electrons. The van der Waals surface area contributed by atoms with Crippen LogP contribution in [-0.2, 0) is 6.61 Å². The van der Waals surface area contributed by atoms with Crippen molar-refractivity contribution in [2.24, 2.45) is 0 Å². The molecule has 0 bridgehead atoms. The van der Waals surface area contributed by atoms with E-state index in [1.54, 1.807) is 0 Å². The van der Waals surface area contributed by atoms with Crippen molar-refractivity contribution in [3.8, 4) is 23.1 Å². The number of ether oxygens (including phenoxy) is 1. The van der Waals surface area contributed by atoms with Crippen molar-refractivity contribution in [2.45, 2.75) is 6.61 Å². The zero-order valence-electron chi connectivity index (χ0n) is 11.2. The third-order valence-corrected chi connectivity index (χ3v) is 3.03. The fourth-order valence-electron chi connectivity index (χ4n) is 1.96. The molecule has 3 aromatic rings. The van der Waals surface area contributed by atoms with Gasteiger partial charge in [0.25, 0.3) is 0 Å². The predicted molar refractivity (Wildman–Crippen MR) is 77.3 cm³/mol. The quantitative estimate of drug-likeness (QED) is 0.795. The van der Waals surface area contributed by atoms with Gasteiger partial charge in [0.2, 0.25) is 0 Å². The molecule has 0 spiro atoms. The molecule has 0 unspecified atom stereocenters. The standard InChI is InChI=1S/C16H12N4O/c17-10-15-16(19-20-18-15)13-6-8-14(9-7-13)21-11-12-4-2-1-3-5-12/h1-9H,11H2,(H,18,19,20). The minimum atomic E-state index is 0.285. The maximum atomic E-state index is 8.94. The SMILES string of the molecule is N#Cc1n[nH]nc1-c1ccc(OCc2ccccc2)cc1. The summed E-state index contributed by atoms with van der Waals surface area (Å²) >= 11 is 0. The minimum absolute atomic E-state index is 0.285. The van der Waals surface area contributed by atoms with E-state index in [0.29, 0.717) is 12.3 Å². The molecule has 0 fully saturated rings. The first-order valence-electron chi connectivity index (χ1n) is 6.45. The lowest BCUT2D eigenvalue weighted by molar-refractivity contribution is 0.306. The van der Waals surface area contributed by atoms with E-state index in [1.165, 1.54) is 0 Å². The van der Waals surface area contributed by atoms with Crippen molar-refractivity contribution in [3.63, 3.8) is 0 Å². The van der Waals surface area contributed by atoms with E-state index >= 15 is 0 Å². The van der Waals surface area contributed by atoms with Crippen LogP contribution in [0.3, 0.4) is 0 Å². The third kappa shape index (κ3) is 2.90. The summed E-state index contributed by atoms with van der Waals surface area (Å²) in [6, 6.07) is 19.4. The Morgan fingerprint density at radius 1 is 1.00 bits per heavy atom. The molecule has 5 nitrogen and oxygen atoms in total. The van der Waals surface area contributed by atoms with Gasteiger partial charge in [0, 0.05) is 5.56 Å². The number of hydrogen-bond donors (Lipinski definition) is 1. The highest BCUT2D eigenvalue weighted by Crippen LogP contribution is 2.22. The number of rotatable bonds is 4. The van der Waals surface area contributed by atoms with E-state index in [1.807, 2.05) is 60.7 Å². The minimum Gasteiger partial charge on any atom is -0.489 e. The lowest BCUT2D eigenvalue weighted by Gasteiger charge is -2.06. The maximum absolute atomic E-state index is 8.94. The first kappa shape index (κ1) is 12.9. The molecular formula is C16H12N4O. The Bertz CT molecular complexity index is 757. The van der Waals surface area contributed by atoms with Crippen LogP contribution in [0.1, 0.15) is 11.3 Å². The first-order chi connectivity index (χ1) is 10.4. The first-order valence-corrected chi connectivity index (χ1v) is 6.45. The van der Waals surface area contributed by atoms with Crippen molar-refractivity contribution in [3.05, 3.63) is 65.9 Å². The number of benzene rings is 2. The summed E-state index contributed by atoms with van der Waals surface area (Å²) in [5.41, 5.74) is 2.78. The van der Waals surface area contributed by atoms with E-state index in [9.17, 15) is 0 Å². The highest BCUT2D eigenvalue weighted by molar-refractivity contribution is 5.64. The molecule has 2 aromatic carbocycles. The van der Waals surface area contributed by atoms with Crippen molar-refractivity contribution >= 4 is 0 Å². The fourth-order valence-corrected chi connectivity index (χ4v) is 1.96. The van der Waals surface area contributed by atoms with Gasteiger partial charge in [0.1, 0.15) is 24.1 Å². The zero-order valence-corrected chi connectivity index (χ0v) is 11.2. The van der Waals surface area contributed by atoms with Crippen LogP contribution in [0.5, 0.6) is 5.75 Å². The smallest absolute Gasteiger partial charge is 0.190 e. The second kappa shape index (κ2) is 5.88. The highest BCUT2D eigenvalue weighted by Gasteiger charge is 2.09. The predicted octanol–water partition coefficient (Wildman–Crippen LogP) is 2.92. The fraction of sp³-hybridized carbons (Fsp3) is 0.0625. The maximum Gasteiger partial charge on any atom is 0.190 e. The highest BCUT2D eigenvalue weighted by atomic mass is 16.5. The summed E-state index contributed by atoms with van der Waals surface area (Å²) in [5.74, 6) is 0.768. The molecule has 0 aliphatic carbocycles. The van der Waals surface area contributed by atoms with Crippen molar-refractivity contribution in [1.82, 2.24) is 15.4 Å². The third-order valence-electron chi connectivity index (χ3n) is 3.03. The van der Waals surface area contributed by atoms with E-state index in [-0.39, 0.29) is 5.69 Å². The number of nitrogens with zero attached hydrogens (tertiary/aromatic N) is 3. The van der Waals surface area contributed by atoms with Crippen LogP contribution < -0.4 is 4.74 Å². The van der Waals surface area contributed by atoms with Gasteiger partial charge < -0.3 is 4.74 Å². The van der Waals surface area contributed by atoms with Crippen LogP contribution in [0.4, 0.5) is 0 Å². The van der Waals surface area contributed by atoms with Gasteiger partial charge in [-0.3, -0.25) is 0 Å². The summed E-state index contributed by atoms with van der Waals surface area (Å²) in [6.07, 6.45) is 0. The van der Waals surface area contributed by atoms with E-state index in [2.05, 4.69) is 15.4 Å². The summed E-state index contributed by atoms with van der Waals surface area (Å²) in [6.45, 7) is 0.521. The lowest BCUT2D eigenvalue weighted by Crippen LogP contribution is -1.94. The molecule has 21 heavy (non-hydrogen) atoms. The number of nitriles is 1. The van der Waals surface area contributed by atoms with Gasteiger partial charge in [0.05, 0.1) is 0 Å². The van der Waals surface area contributed by atoms with E-state index in [4.69, 9.17) is 10.00 Å². The molecule has 1 aromatic heterocycles. The zero-order chi connectivity index (χ0) is 14.5. The van der Waals surface area contributed by atoms with Crippen LogP contribution in [0, 0.1) is 11.3 Å². The van der Waals surface area contributed by atoms with Crippen molar-refractivity contribution in [1.29, 1.82) is 5.26 Å². The second-order valence-corrected chi connectivity index (χ2v) is 4.43. The van der Waals surface area contributed by atoms with Gasteiger partial charge >= 0.3 is 0 Å². The normalized spacial score (nSPS) is 10.0. The second-order valence-electron chi connectivity index (χ2n) is 4.43. The summed E-state index contributed by atoms with van der Waals surface area (Å²) in [7, 11) is 0. The van der Waals surface area contributed by atoms with Gasteiger partial charge in [-0.2, -0.15) is 15.6 Å². The molecule has 0 amide bonds. The Morgan fingerprint density at radius 3 is 2.48 bits per heavy atom. The summed E-state index contributed by atoms with van der Waals surface area (Å²) < 4.78 is 5.71. The van der Waals surface area contributed by atoms with Gasteiger partial charge in [-0.05, 0) is 29.8 Å². The van der Waals surface area contributed by atoms with Gasteiger partial charge in [0.15, 0.2) is 5.69 Å². The molecule has 0 aliphatic rings. The Kier molecular flexibility index (Phi) is 3.61. The molecule has 1 heterocycles. The van der Waals surface area contributed by atoms with Crippen LogP contribution in [0.15, 0.2) is 54.6 Å². The molecule has 0 aliphatic heterocycles. The molecule has 0 atom stereocenters. The number of H-pyrrole nitrogens is 1. The van der Waals surface area contributed by atoms with Crippen molar-refractivity contribution < 1.29 is 4.74 Å². The Morgan fingerprint density at radius 2 is 1.76 bits per heavy atom. The topological polar surface area (TPSA) is 74.6 Å². The summed E-state index contributed by atoms with van der Waals surface area (Å²) in [5, 5.41) is 19.2. The van der Waals surface area contributed by atoms with Crippen LogP contribution in [0.2, 0.25) is 0 Å². The Balaban J connectivity index is 1.71. The number of aromatic nitrogens is 3. The van der Waals surface area contributed by atoms with Gasteiger partial charge in [-0.1, -0.05) is 30.3 Å². The number of hydrogen-bond acceptors (Lipinski definition) is 4.